The van der Waals surface area contributed by atoms with Crippen molar-refractivity contribution in [2.75, 3.05) is 0 Å². The van der Waals surface area contributed by atoms with Crippen LogP contribution in [0.1, 0.15) is 0 Å². The highest BCUT2D eigenvalue weighted by Crippen LogP contribution is 2.30. The Hall–Kier alpha value is -1.03. The van der Waals surface area contributed by atoms with Gasteiger partial charge < -0.3 is 12.3 Å². The van der Waals surface area contributed by atoms with Crippen LogP contribution >= 0.6 is 0 Å². The summed E-state index contributed by atoms with van der Waals surface area (Å²) in [5, 5.41) is 2.35. The molecule has 22 heavy (non-hydrogen) atoms. The van der Waals surface area contributed by atoms with Crippen molar-refractivity contribution >= 4 is 36.1 Å². The Morgan fingerprint density at radius 1 is 0.545 bits per heavy atom. The molecule has 1 fully saturated rings. The van der Waals surface area contributed by atoms with Gasteiger partial charge in [-0.1, -0.05) is 60.7 Å². The third-order valence-corrected chi connectivity index (χ3v) is 16.8. The molecule has 3 rings (SSSR count). The topological polar surface area (TPSA) is 27.7 Å². The number of rotatable bonds is 2. The normalized spacial score (nSPS) is 30.9. The van der Waals surface area contributed by atoms with Gasteiger partial charge in [-0.2, -0.15) is 0 Å². The summed E-state index contributed by atoms with van der Waals surface area (Å²) in [5.74, 6) is 0. The van der Waals surface area contributed by atoms with Crippen LogP contribution in [0.15, 0.2) is 60.7 Å². The number of benzene rings is 2. The first-order valence-electron chi connectivity index (χ1n) is 7.55. The van der Waals surface area contributed by atoms with E-state index in [1.54, 1.807) is 0 Å². The van der Waals surface area contributed by atoms with Gasteiger partial charge in [-0.15, -0.1) is 0 Å². The summed E-state index contributed by atoms with van der Waals surface area (Å²) >= 11 is 0. The van der Waals surface area contributed by atoms with Crippen molar-refractivity contribution in [1.82, 2.24) is 0 Å². The largest absolute Gasteiger partial charge is 0.412 e. The van der Waals surface area contributed by atoms with E-state index in [4.69, 9.17) is 12.3 Å². The van der Waals surface area contributed by atoms with Gasteiger partial charge in [0.15, 0.2) is 0 Å². The zero-order valence-corrected chi connectivity index (χ0v) is 16.5. The minimum absolute atomic E-state index is 1.17. The standard InChI is InChI=1S/C16H22O3Si3/c1-20(2)17-21(3,15-11-7-5-8-12-15)19-22(4,18-20)16-13-9-6-10-14-16/h5-14H,1-4H3. The van der Waals surface area contributed by atoms with E-state index in [-0.39, 0.29) is 0 Å². The molecule has 1 heterocycles. The third-order valence-electron chi connectivity index (χ3n) is 3.87. The fourth-order valence-electron chi connectivity index (χ4n) is 3.09. The van der Waals surface area contributed by atoms with Gasteiger partial charge in [0, 0.05) is 0 Å². The smallest absolute Gasteiger partial charge is 0.351 e. The molecule has 1 saturated heterocycles. The molecule has 2 aromatic rings. The lowest BCUT2D eigenvalue weighted by molar-refractivity contribution is 0.248. The van der Waals surface area contributed by atoms with Crippen LogP contribution in [0.25, 0.3) is 0 Å². The summed E-state index contributed by atoms with van der Waals surface area (Å²) in [4.78, 5) is 0. The van der Waals surface area contributed by atoms with E-state index in [1.165, 1.54) is 10.4 Å². The summed E-state index contributed by atoms with van der Waals surface area (Å²) in [5.41, 5.74) is 0. The van der Waals surface area contributed by atoms with Crippen LogP contribution in [-0.2, 0) is 12.3 Å². The first-order valence-corrected chi connectivity index (χ1v) is 15.0. The molecule has 2 aromatic carbocycles. The summed E-state index contributed by atoms with van der Waals surface area (Å²) in [7, 11) is -7.16. The van der Waals surface area contributed by atoms with Crippen molar-refractivity contribution in [1.29, 1.82) is 0 Å². The van der Waals surface area contributed by atoms with E-state index >= 15 is 0 Å². The molecule has 0 bridgehead atoms. The molecule has 0 spiro atoms. The Morgan fingerprint density at radius 3 is 1.27 bits per heavy atom. The molecule has 116 valence electrons. The van der Waals surface area contributed by atoms with Crippen LogP contribution in [0.5, 0.6) is 0 Å². The van der Waals surface area contributed by atoms with E-state index in [9.17, 15) is 0 Å². The van der Waals surface area contributed by atoms with Gasteiger partial charge in [0.05, 0.1) is 0 Å². The van der Waals surface area contributed by atoms with Gasteiger partial charge in [-0.3, -0.25) is 0 Å². The highest BCUT2D eigenvalue weighted by atomic mass is 28.5. The van der Waals surface area contributed by atoms with Gasteiger partial charge in [0.2, 0.25) is 0 Å². The second-order valence-corrected chi connectivity index (χ2v) is 16.5. The summed E-state index contributed by atoms with van der Waals surface area (Å²) in [6, 6.07) is 20.7. The van der Waals surface area contributed by atoms with E-state index in [2.05, 4.69) is 50.5 Å². The summed E-state index contributed by atoms with van der Waals surface area (Å²) < 4.78 is 19.5. The van der Waals surface area contributed by atoms with E-state index in [0.29, 0.717) is 0 Å². The first-order chi connectivity index (χ1) is 10.3. The molecule has 0 aliphatic carbocycles. The molecule has 0 radical (unpaired) electrons. The molecular weight excluding hydrogens is 324 g/mol. The predicted molar refractivity (Wildman–Crippen MR) is 96.1 cm³/mol. The lowest BCUT2D eigenvalue weighted by atomic mass is 10.4. The Balaban J connectivity index is 2.04. The van der Waals surface area contributed by atoms with Crippen LogP contribution < -0.4 is 10.4 Å². The molecular formula is C16H22O3Si3. The highest BCUT2D eigenvalue weighted by molar-refractivity contribution is 7.01. The molecule has 0 saturated carbocycles. The van der Waals surface area contributed by atoms with Crippen molar-refractivity contribution in [2.45, 2.75) is 26.2 Å². The minimum Gasteiger partial charge on any atom is -0.412 e. The monoisotopic (exact) mass is 346 g/mol. The fourth-order valence-corrected chi connectivity index (χ4v) is 18.7. The molecule has 2 atom stereocenters. The second kappa shape index (κ2) is 5.55. The van der Waals surface area contributed by atoms with Crippen molar-refractivity contribution < 1.29 is 12.3 Å². The van der Waals surface area contributed by atoms with Crippen molar-refractivity contribution in [3.8, 4) is 0 Å². The molecule has 0 N–H and O–H groups in total. The van der Waals surface area contributed by atoms with Crippen molar-refractivity contribution in [3.05, 3.63) is 60.7 Å². The maximum atomic E-state index is 6.64. The van der Waals surface area contributed by atoms with Gasteiger partial charge >= 0.3 is 25.7 Å². The summed E-state index contributed by atoms with van der Waals surface area (Å²) in [6.07, 6.45) is 0. The maximum Gasteiger partial charge on any atom is 0.351 e. The Morgan fingerprint density at radius 2 is 0.909 bits per heavy atom. The van der Waals surface area contributed by atoms with Gasteiger partial charge in [0.25, 0.3) is 0 Å². The second-order valence-electron chi connectivity index (χ2n) is 6.33. The molecule has 1 aliphatic heterocycles. The molecule has 2 unspecified atom stereocenters. The average molecular weight is 347 g/mol. The fraction of sp³-hybridized carbons (Fsp3) is 0.250. The van der Waals surface area contributed by atoms with Gasteiger partial charge in [-0.25, -0.2) is 0 Å². The van der Waals surface area contributed by atoms with Crippen LogP contribution in [0.3, 0.4) is 0 Å². The van der Waals surface area contributed by atoms with Crippen LogP contribution in [-0.4, -0.2) is 25.7 Å². The number of hydrogen-bond acceptors (Lipinski definition) is 3. The van der Waals surface area contributed by atoms with Crippen LogP contribution in [0, 0.1) is 0 Å². The number of hydrogen-bond donors (Lipinski definition) is 0. The van der Waals surface area contributed by atoms with E-state index in [1.807, 2.05) is 36.4 Å². The zero-order valence-electron chi connectivity index (χ0n) is 13.5. The Labute approximate surface area is 135 Å². The van der Waals surface area contributed by atoms with E-state index < -0.39 is 25.7 Å². The van der Waals surface area contributed by atoms with Crippen LogP contribution in [0.4, 0.5) is 0 Å². The molecule has 0 amide bonds. The lowest BCUT2D eigenvalue weighted by Gasteiger charge is -2.49. The van der Waals surface area contributed by atoms with Gasteiger partial charge in [-0.05, 0) is 36.6 Å². The SMILES string of the molecule is C[Si]1(C)O[Si](C)(c2ccccc2)O[Si](C)(c2ccccc2)O1. The average Bonchev–Trinajstić information content (AvgIpc) is 2.47. The lowest BCUT2D eigenvalue weighted by Crippen LogP contribution is -2.74. The molecule has 0 aromatic heterocycles. The quantitative estimate of drug-likeness (QED) is 0.783. The summed E-state index contributed by atoms with van der Waals surface area (Å²) in [6.45, 7) is 8.54. The molecule has 6 heteroatoms. The van der Waals surface area contributed by atoms with E-state index in [0.717, 1.165) is 0 Å². The third kappa shape index (κ3) is 3.03. The minimum atomic E-state index is -2.47. The molecule has 1 aliphatic rings. The maximum absolute atomic E-state index is 6.64. The Kier molecular flexibility index (Phi) is 4.00. The predicted octanol–water partition coefficient (Wildman–Crippen LogP) is 2.71. The van der Waals surface area contributed by atoms with Crippen molar-refractivity contribution in [2.24, 2.45) is 0 Å². The zero-order chi connectivity index (χ0) is 15.8. The first kappa shape index (κ1) is 15.9. The van der Waals surface area contributed by atoms with Crippen molar-refractivity contribution in [3.63, 3.8) is 0 Å². The Bertz CT molecular complexity index is 595. The van der Waals surface area contributed by atoms with Gasteiger partial charge in [0.1, 0.15) is 0 Å². The van der Waals surface area contributed by atoms with Crippen LogP contribution in [0.2, 0.25) is 26.2 Å². The highest BCUT2D eigenvalue weighted by Gasteiger charge is 2.56. The molecule has 3 nitrogen and oxygen atoms in total.